The zero-order valence-corrected chi connectivity index (χ0v) is 10.9. The molecule has 0 atom stereocenters. The molecule has 0 aliphatic rings. The maximum Gasteiger partial charge on any atom is 0.504 e. The number of benzene rings is 1. The summed E-state index contributed by atoms with van der Waals surface area (Å²) in [5.41, 5.74) is 0.425. The molecule has 1 rings (SSSR count). The Labute approximate surface area is 107 Å². The van der Waals surface area contributed by atoms with Gasteiger partial charge in [-0.1, -0.05) is 12.1 Å². The van der Waals surface area contributed by atoms with Crippen LogP contribution in [0.15, 0.2) is 24.3 Å². The molecular formula is C12H18BNO4. The molecule has 1 aromatic carbocycles. The molecule has 18 heavy (non-hydrogen) atoms. The second-order valence-electron chi connectivity index (χ2n) is 4.77. The fraction of sp³-hybridized carbons (Fsp3) is 0.417. The van der Waals surface area contributed by atoms with E-state index in [9.17, 15) is 4.79 Å². The van der Waals surface area contributed by atoms with Crippen molar-refractivity contribution in [3.05, 3.63) is 29.8 Å². The first-order valence-electron chi connectivity index (χ1n) is 5.70. The second kappa shape index (κ2) is 6.30. The summed E-state index contributed by atoms with van der Waals surface area (Å²) >= 11 is 0. The predicted molar refractivity (Wildman–Crippen MR) is 69.5 cm³/mol. The van der Waals surface area contributed by atoms with E-state index in [-0.39, 0.29) is 7.69 Å². The fourth-order valence-electron chi connectivity index (χ4n) is 1.27. The third-order valence-corrected chi connectivity index (χ3v) is 1.99. The quantitative estimate of drug-likeness (QED) is 0.792. The molecule has 0 aromatic heterocycles. The Bertz CT molecular complexity index is 386. The van der Waals surface area contributed by atoms with Gasteiger partial charge >= 0.3 is 13.8 Å². The molecule has 0 aliphatic carbocycles. The van der Waals surface area contributed by atoms with Crippen molar-refractivity contribution in [1.82, 2.24) is 5.32 Å². The summed E-state index contributed by atoms with van der Waals surface area (Å²) in [7, 11) is -0.352. The first-order chi connectivity index (χ1) is 8.40. The summed E-state index contributed by atoms with van der Waals surface area (Å²) in [5.74, 6) is 0.582. The van der Waals surface area contributed by atoms with Gasteiger partial charge in [-0.05, 0) is 38.5 Å². The summed E-state index contributed by atoms with van der Waals surface area (Å²) in [6.07, 6.45) is -0.446. The van der Waals surface area contributed by atoms with Crippen LogP contribution in [0, 0.1) is 0 Å². The van der Waals surface area contributed by atoms with Gasteiger partial charge in [0.25, 0.3) is 0 Å². The minimum atomic E-state index is -0.497. The van der Waals surface area contributed by atoms with Gasteiger partial charge in [0.1, 0.15) is 11.4 Å². The van der Waals surface area contributed by atoms with Crippen LogP contribution in [-0.2, 0) is 11.3 Å². The predicted octanol–water partition coefficient (Wildman–Crippen LogP) is 1.35. The number of alkyl carbamates (subject to hydrolysis) is 1. The highest BCUT2D eigenvalue weighted by Crippen LogP contribution is 2.12. The SMILES string of the molecule is CC(C)(C)OC(=O)NCc1ccc(OBO)cc1. The smallest absolute Gasteiger partial charge is 0.504 e. The Kier molecular flexibility index (Phi) is 5.03. The zero-order valence-electron chi connectivity index (χ0n) is 10.9. The number of carbonyl (C=O) groups is 1. The molecule has 0 saturated heterocycles. The lowest BCUT2D eigenvalue weighted by Crippen LogP contribution is -2.32. The lowest BCUT2D eigenvalue weighted by atomic mass is 10.2. The van der Waals surface area contributed by atoms with Crippen molar-refractivity contribution >= 4 is 13.8 Å². The van der Waals surface area contributed by atoms with E-state index in [1.165, 1.54) is 0 Å². The molecule has 1 aromatic rings. The zero-order chi connectivity index (χ0) is 13.6. The Morgan fingerprint density at radius 1 is 1.33 bits per heavy atom. The maximum atomic E-state index is 11.4. The number of ether oxygens (including phenoxy) is 1. The highest BCUT2D eigenvalue weighted by Gasteiger charge is 2.15. The topological polar surface area (TPSA) is 67.8 Å². The molecule has 0 spiro atoms. The Hall–Kier alpha value is -1.69. The van der Waals surface area contributed by atoms with Crippen LogP contribution in [0.4, 0.5) is 4.79 Å². The summed E-state index contributed by atoms with van der Waals surface area (Å²) in [6.45, 7) is 5.82. The molecule has 0 heterocycles. The van der Waals surface area contributed by atoms with E-state index >= 15 is 0 Å². The van der Waals surface area contributed by atoms with E-state index in [1.807, 2.05) is 32.9 Å². The molecule has 5 nitrogen and oxygen atoms in total. The number of nitrogens with one attached hydrogen (secondary N) is 1. The Balaban J connectivity index is 2.41. The fourth-order valence-corrected chi connectivity index (χ4v) is 1.27. The standard InChI is InChI=1S/C12H18BNO4/c1-12(2,3)17-11(15)14-8-9-4-6-10(7-5-9)18-13-16/h4-7,13,16H,8H2,1-3H3,(H,14,15). The van der Waals surface area contributed by atoms with Crippen molar-refractivity contribution in [2.24, 2.45) is 0 Å². The van der Waals surface area contributed by atoms with Gasteiger partial charge in [-0.3, -0.25) is 0 Å². The number of amides is 1. The van der Waals surface area contributed by atoms with E-state index in [4.69, 9.17) is 14.4 Å². The molecule has 0 aliphatic heterocycles. The van der Waals surface area contributed by atoms with E-state index in [0.29, 0.717) is 12.3 Å². The largest absolute Gasteiger partial charge is 0.539 e. The molecule has 6 heteroatoms. The minimum Gasteiger partial charge on any atom is -0.539 e. The van der Waals surface area contributed by atoms with Gasteiger partial charge in [0.05, 0.1) is 0 Å². The van der Waals surface area contributed by atoms with Crippen molar-refractivity contribution in [3.8, 4) is 5.75 Å². The molecule has 0 bridgehead atoms. The monoisotopic (exact) mass is 251 g/mol. The average molecular weight is 251 g/mol. The van der Waals surface area contributed by atoms with Crippen LogP contribution < -0.4 is 9.97 Å². The molecule has 0 fully saturated rings. The summed E-state index contributed by atoms with van der Waals surface area (Å²) in [4.78, 5) is 11.4. The third kappa shape index (κ3) is 5.59. The van der Waals surface area contributed by atoms with E-state index in [2.05, 4.69) is 5.32 Å². The van der Waals surface area contributed by atoms with Crippen LogP contribution in [0.2, 0.25) is 0 Å². The first-order valence-corrected chi connectivity index (χ1v) is 5.70. The molecule has 0 unspecified atom stereocenters. The van der Waals surface area contributed by atoms with Crippen LogP contribution >= 0.6 is 0 Å². The number of carbonyl (C=O) groups excluding carboxylic acids is 1. The molecule has 98 valence electrons. The van der Waals surface area contributed by atoms with Gasteiger partial charge in [-0.25, -0.2) is 4.79 Å². The highest BCUT2D eigenvalue weighted by molar-refractivity contribution is 6.17. The summed E-state index contributed by atoms with van der Waals surface area (Å²) in [6, 6.07) is 7.06. The van der Waals surface area contributed by atoms with Crippen LogP contribution in [0.25, 0.3) is 0 Å². The van der Waals surface area contributed by atoms with E-state index < -0.39 is 11.7 Å². The van der Waals surface area contributed by atoms with Crippen LogP contribution in [0.1, 0.15) is 26.3 Å². The van der Waals surface area contributed by atoms with Crippen LogP contribution in [-0.4, -0.2) is 24.4 Å². The number of hydrogen-bond acceptors (Lipinski definition) is 4. The molecular weight excluding hydrogens is 233 g/mol. The van der Waals surface area contributed by atoms with Crippen molar-refractivity contribution < 1.29 is 19.2 Å². The lowest BCUT2D eigenvalue weighted by Gasteiger charge is -2.19. The average Bonchev–Trinajstić information content (AvgIpc) is 2.26. The minimum absolute atomic E-state index is 0.352. The van der Waals surface area contributed by atoms with E-state index in [0.717, 1.165) is 5.56 Å². The van der Waals surface area contributed by atoms with Gasteiger partial charge < -0.3 is 19.7 Å². The number of hydrogen-bond donors (Lipinski definition) is 2. The van der Waals surface area contributed by atoms with Gasteiger partial charge in [-0.15, -0.1) is 0 Å². The molecule has 0 radical (unpaired) electrons. The molecule has 1 amide bonds. The molecule has 0 saturated carbocycles. The maximum absolute atomic E-state index is 11.4. The van der Waals surface area contributed by atoms with Gasteiger partial charge in [0.2, 0.25) is 0 Å². The van der Waals surface area contributed by atoms with Crippen molar-refractivity contribution in [2.45, 2.75) is 32.9 Å². The Morgan fingerprint density at radius 2 is 1.94 bits per heavy atom. The van der Waals surface area contributed by atoms with Crippen molar-refractivity contribution in [3.63, 3.8) is 0 Å². The number of rotatable bonds is 4. The first kappa shape index (κ1) is 14.4. The normalized spacial score (nSPS) is 10.7. The summed E-state index contributed by atoms with van der Waals surface area (Å²) < 4.78 is 10.0. The second-order valence-corrected chi connectivity index (χ2v) is 4.77. The van der Waals surface area contributed by atoms with Gasteiger partial charge in [0, 0.05) is 6.54 Å². The van der Waals surface area contributed by atoms with E-state index in [1.54, 1.807) is 12.1 Å². The lowest BCUT2D eigenvalue weighted by molar-refractivity contribution is 0.0523. The Morgan fingerprint density at radius 3 is 2.44 bits per heavy atom. The summed E-state index contributed by atoms with van der Waals surface area (Å²) in [5, 5.41) is 11.2. The van der Waals surface area contributed by atoms with Gasteiger partial charge in [-0.2, -0.15) is 0 Å². The van der Waals surface area contributed by atoms with Crippen molar-refractivity contribution in [2.75, 3.05) is 0 Å². The van der Waals surface area contributed by atoms with Crippen LogP contribution in [0.5, 0.6) is 5.75 Å². The molecule has 2 N–H and O–H groups in total. The third-order valence-electron chi connectivity index (χ3n) is 1.99. The van der Waals surface area contributed by atoms with Crippen LogP contribution in [0.3, 0.4) is 0 Å². The highest BCUT2D eigenvalue weighted by atomic mass is 16.6. The van der Waals surface area contributed by atoms with Gasteiger partial charge in [0.15, 0.2) is 0 Å². The van der Waals surface area contributed by atoms with Crippen molar-refractivity contribution in [1.29, 1.82) is 0 Å².